The summed E-state index contributed by atoms with van der Waals surface area (Å²) in [6.07, 6.45) is 6.44. The number of benzene rings is 3. The van der Waals surface area contributed by atoms with Crippen LogP contribution >= 0.6 is 0 Å². The van der Waals surface area contributed by atoms with Gasteiger partial charge in [-0.1, -0.05) is 36.4 Å². The van der Waals surface area contributed by atoms with Gasteiger partial charge < -0.3 is 10.5 Å². The van der Waals surface area contributed by atoms with Crippen molar-refractivity contribution in [1.29, 1.82) is 0 Å². The second-order valence-corrected chi connectivity index (χ2v) is 9.22. The minimum Gasteiger partial charge on any atom is -0.398 e. The predicted molar refractivity (Wildman–Crippen MR) is 138 cm³/mol. The van der Waals surface area contributed by atoms with Crippen molar-refractivity contribution >= 4 is 22.4 Å². The molecule has 1 aromatic heterocycles. The molecule has 1 aliphatic carbocycles. The Morgan fingerprint density at radius 2 is 1.82 bits per heavy atom. The Bertz CT molecular complexity index is 1330. The van der Waals surface area contributed by atoms with Crippen molar-refractivity contribution in [2.75, 3.05) is 19.5 Å². The molecule has 0 saturated heterocycles. The first kappa shape index (κ1) is 22.3. The number of Topliss-reactive ketones (excluding diaryl/α,β-unsaturated/α-hetero) is 1. The molecule has 0 unspecified atom stereocenters. The number of methoxy groups -OCH3 is 1. The van der Waals surface area contributed by atoms with E-state index in [-0.39, 0.29) is 12.2 Å². The quantitative estimate of drug-likeness (QED) is 0.183. The Morgan fingerprint density at radius 3 is 2.59 bits per heavy atom. The number of nitrogens with zero attached hydrogens (tertiary/aromatic N) is 1. The van der Waals surface area contributed by atoms with Gasteiger partial charge in [-0.05, 0) is 89.8 Å². The molecule has 2 N–H and O–H groups in total. The number of anilines is 1. The minimum atomic E-state index is 0.0310. The van der Waals surface area contributed by atoms with Gasteiger partial charge in [0.2, 0.25) is 0 Å². The van der Waals surface area contributed by atoms with Crippen molar-refractivity contribution in [2.24, 2.45) is 0 Å². The van der Waals surface area contributed by atoms with E-state index in [0.29, 0.717) is 17.2 Å². The first-order chi connectivity index (χ1) is 16.6. The number of hydrogen-bond donors (Lipinski definition) is 1. The molecular weight excluding hydrogens is 420 g/mol. The maximum Gasteiger partial charge on any atom is 0.168 e. The molecule has 0 atom stereocenters. The first-order valence-electron chi connectivity index (χ1n) is 12.0. The van der Waals surface area contributed by atoms with Crippen molar-refractivity contribution < 1.29 is 9.53 Å². The zero-order valence-electron chi connectivity index (χ0n) is 19.6. The van der Waals surface area contributed by atoms with E-state index in [1.54, 1.807) is 13.3 Å². The Balaban J connectivity index is 1.41. The molecule has 1 heterocycles. The Kier molecular flexibility index (Phi) is 6.41. The number of nitrogens with two attached hydrogens (primary N) is 1. The molecule has 1 saturated carbocycles. The van der Waals surface area contributed by atoms with Gasteiger partial charge in [0.15, 0.2) is 5.78 Å². The van der Waals surface area contributed by atoms with Crippen LogP contribution in [0, 0.1) is 0 Å². The number of nitrogen functional groups attached to an aromatic ring is 1. The number of ether oxygens (including phenoxy) is 1. The number of carbonyl (C=O) groups excluding carboxylic acids is 1. The Hall–Kier alpha value is -3.50. The summed E-state index contributed by atoms with van der Waals surface area (Å²) >= 11 is 0. The average molecular weight is 451 g/mol. The van der Waals surface area contributed by atoms with Gasteiger partial charge in [-0.25, -0.2) is 0 Å². The number of ketones is 1. The van der Waals surface area contributed by atoms with Crippen LogP contribution in [0.2, 0.25) is 0 Å². The molecule has 1 fully saturated rings. The maximum atomic E-state index is 13.2. The van der Waals surface area contributed by atoms with Gasteiger partial charge in [0, 0.05) is 43.0 Å². The predicted octanol–water partition coefficient (Wildman–Crippen LogP) is 6.37. The van der Waals surface area contributed by atoms with Crippen LogP contribution in [0.4, 0.5) is 5.69 Å². The summed E-state index contributed by atoms with van der Waals surface area (Å²) in [5, 5.41) is 1.04. The van der Waals surface area contributed by atoms with Crippen LogP contribution in [-0.2, 0) is 17.6 Å². The molecule has 0 radical (unpaired) electrons. The summed E-state index contributed by atoms with van der Waals surface area (Å²) in [6, 6.07) is 22.5. The lowest BCUT2D eigenvalue weighted by atomic mass is 9.95. The highest BCUT2D eigenvalue weighted by molar-refractivity contribution is 6.00. The highest BCUT2D eigenvalue weighted by Crippen LogP contribution is 2.43. The van der Waals surface area contributed by atoms with Crippen LogP contribution in [0.1, 0.15) is 52.2 Å². The lowest BCUT2D eigenvalue weighted by molar-refractivity contribution is 0.0993. The molecule has 34 heavy (non-hydrogen) atoms. The van der Waals surface area contributed by atoms with E-state index in [9.17, 15) is 4.79 Å². The zero-order valence-corrected chi connectivity index (χ0v) is 19.6. The Labute approximate surface area is 200 Å². The van der Waals surface area contributed by atoms with Crippen LogP contribution in [0.3, 0.4) is 0 Å². The van der Waals surface area contributed by atoms with E-state index in [1.807, 2.05) is 42.5 Å². The molecule has 0 aliphatic heterocycles. The third-order valence-electron chi connectivity index (χ3n) is 6.68. The second kappa shape index (κ2) is 9.78. The van der Waals surface area contributed by atoms with Gasteiger partial charge >= 0.3 is 0 Å². The van der Waals surface area contributed by atoms with Crippen molar-refractivity contribution in [3.05, 3.63) is 95.2 Å². The van der Waals surface area contributed by atoms with Crippen LogP contribution < -0.4 is 5.73 Å². The molecule has 0 amide bonds. The van der Waals surface area contributed by atoms with Crippen molar-refractivity contribution in [3.63, 3.8) is 0 Å². The van der Waals surface area contributed by atoms with E-state index in [0.717, 1.165) is 47.0 Å². The monoisotopic (exact) mass is 450 g/mol. The third kappa shape index (κ3) is 4.87. The fraction of sp³-hybridized carbons (Fsp3) is 0.267. The van der Waals surface area contributed by atoms with Crippen LogP contribution in [0.15, 0.2) is 72.9 Å². The fourth-order valence-electron chi connectivity index (χ4n) is 4.63. The smallest absolute Gasteiger partial charge is 0.168 e. The van der Waals surface area contributed by atoms with Crippen LogP contribution in [0.5, 0.6) is 0 Å². The number of carbonyl (C=O) groups is 1. The highest BCUT2D eigenvalue weighted by atomic mass is 16.5. The second-order valence-electron chi connectivity index (χ2n) is 9.22. The molecular formula is C30H30N2O2. The van der Waals surface area contributed by atoms with Gasteiger partial charge in [-0.15, -0.1) is 0 Å². The Morgan fingerprint density at radius 1 is 1.00 bits per heavy atom. The normalized spacial score (nSPS) is 13.3. The van der Waals surface area contributed by atoms with Gasteiger partial charge in [0.1, 0.15) is 0 Å². The summed E-state index contributed by atoms with van der Waals surface area (Å²) in [6.45, 7) is 0.762. The van der Waals surface area contributed by atoms with Gasteiger partial charge in [0.05, 0.1) is 5.52 Å². The number of hydrogen-bond acceptors (Lipinski definition) is 4. The molecule has 5 rings (SSSR count). The van der Waals surface area contributed by atoms with Gasteiger partial charge in [0.25, 0.3) is 0 Å². The van der Waals surface area contributed by atoms with E-state index in [4.69, 9.17) is 10.5 Å². The fourth-order valence-corrected chi connectivity index (χ4v) is 4.63. The van der Waals surface area contributed by atoms with Crippen LogP contribution in [-0.4, -0.2) is 24.5 Å². The number of rotatable bonds is 9. The maximum absolute atomic E-state index is 13.2. The van der Waals surface area contributed by atoms with E-state index >= 15 is 0 Å². The summed E-state index contributed by atoms with van der Waals surface area (Å²) < 4.78 is 5.24. The molecule has 1 aliphatic rings. The molecule has 4 nitrogen and oxygen atoms in total. The number of aromatic nitrogens is 1. The number of pyridine rings is 1. The topological polar surface area (TPSA) is 65.2 Å². The number of fused-ring (bicyclic) bond motifs is 1. The molecule has 4 heteroatoms. The SMILES string of the molecule is COCCCc1cc2ncc(C(=O)Cc3cc(-c4ccccc4)ccc3N)cc2cc1C1CC1. The van der Waals surface area contributed by atoms with Crippen molar-refractivity contribution in [2.45, 2.75) is 38.0 Å². The molecule has 0 bridgehead atoms. The summed E-state index contributed by atoms with van der Waals surface area (Å²) in [7, 11) is 1.74. The molecule has 4 aromatic rings. The lowest BCUT2D eigenvalue weighted by Crippen LogP contribution is -2.07. The lowest BCUT2D eigenvalue weighted by Gasteiger charge is -2.12. The zero-order chi connectivity index (χ0) is 23.5. The summed E-state index contributed by atoms with van der Waals surface area (Å²) in [4.78, 5) is 17.9. The third-order valence-corrected chi connectivity index (χ3v) is 6.68. The standard InChI is InChI=1S/C30H30N2O2/c1-34-13-5-8-23-17-29-25(16-27(23)21-9-10-21)15-26(19-32-29)30(33)18-24-14-22(11-12-28(24)31)20-6-3-2-4-7-20/h2-4,6-7,11-12,14-17,19,21H,5,8-10,13,18,31H2,1H3. The van der Waals surface area contributed by atoms with Crippen molar-refractivity contribution in [1.82, 2.24) is 4.98 Å². The largest absolute Gasteiger partial charge is 0.398 e. The molecule has 172 valence electrons. The average Bonchev–Trinajstić information content (AvgIpc) is 3.71. The van der Waals surface area contributed by atoms with Gasteiger partial charge in [-0.2, -0.15) is 0 Å². The number of aryl methyl sites for hydroxylation is 1. The summed E-state index contributed by atoms with van der Waals surface area (Å²) in [5.74, 6) is 0.672. The van der Waals surface area contributed by atoms with E-state index < -0.39 is 0 Å². The summed E-state index contributed by atoms with van der Waals surface area (Å²) in [5.41, 5.74) is 14.2. The highest BCUT2D eigenvalue weighted by Gasteiger charge is 2.26. The van der Waals surface area contributed by atoms with E-state index in [2.05, 4.69) is 29.2 Å². The first-order valence-corrected chi connectivity index (χ1v) is 12.0. The molecule has 0 spiro atoms. The minimum absolute atomic E-state index is 0.0310. The van der Waals surface area contributed by atoms with Gasteiger partial charge in [-0.3, -0.25) is 9.78 Å². The van der Waals surface area contributed by atoms with E-state index in [1.165, 1.54) is 24.0 Å². The van der Waals surface area contributed by atoms with Crippen LogP contribution in [0.25, 0.3) is 22.0 Å². The van der Waals surface area contributed by atoms with Crippen molar-refractivity contribution in [3.8, 4) is 11.1 Å². The molecule has 3 aromatic carbocycles.